The first-order valence-electron chi connectivity index (χ1n) is 6.25. The maximum absolute atomic E-state index is 12.0. The monoisotopic (exact) mass is 289 g/mol. The zero-order chi connectivity index (χ0) is 15.4. The maximum Gasteiger partial charge on any atom is 0.340 e. The summed E-state index contributed by atoms with van der Waals surface area (Å²) in [4.78, 5) is 34.0. The van der Waals surface area contributed by atoms with E-state index in [1.54, 1.807) is 6.20 Å². The van der Waals surface area contributed by atoms with Gasteiger partial charge >= 0.3 is 5.97 Å². The molecule has 0 unspecified atom stereocenters. The van der Waals surface area contributed by atoms with Crippen molar-refractivity contribution in [2.75, 3.05) is 6.61 Å². The summed E-state index contributed by atoms with van der Waals surface area (Å²) in [5.74, 6) is -1.62. The molecule has 7 heteroatoms. The fraction of sp³-hybridized carbons (Fsp3) is 0.214. The van der Waals surface area contributed by atoms with E-state index < -0.39 is 24.4 Å². The molecule has 1 aromatic heterocycles. The van der Waals surface area contributed by atoms with Crippen LogP contribution in [0.4, 0.5) is 0 Å². The Morgan fingerprint density at radius 3 is 2.62 bits per heavy atom. The van der Waals surface area contributed by atoms with E-state index in [9.17, 15) is 14.4 Å². The lowest BCUT2D eigenvalue weighted by atomic mass is 10.2. The summed E-state index contributed by atoms with van der Waals surface area (Å²) in [6.07, 6.45) is 1.65. The molecule has 2 N–H and O–H groups in total. The molecule has 0 fully saturated rings. The number of amides is 2. The van der Waals surface area contributed by atoms with Crippen LogP contribution in [0, 0.1) is 0 Å². The van der Waals surface area contributed by atoms with Gasteiger partial charge in [-0.1, -0.05) is 18.2 Å². The smallest absolute Gasteiger partial charge is 0.340 e. The Kier molecular flexibility index (Phi) is 4.22. The minimum Gasteiger partial charge on any atom is -0.452 e. The highest BCUT2D eigenvalue weighted by atomic mass is 16.5. The molecule has 0 saturated carbocycles. The van der Waals surface area contributed by atoms with Crippen molar-refractivity contribution in [1.29, 1.82) is 0 Å². The van der Waals surface area contributed by atoms with Gasteiger partial charge in [-0.05, 0) is 6.07 Å². The molecule has 0 atom stereocenters. The lowest BCUT2D eigenvalue weighted by Crippen LogP contribution is -2.42. The van der Waals surface area contributed by atoms with Crippen LogP contribution in [0.5, 0.6) is 0 Å². The van der Waals surface area contributed by atoms with Crippen LogP contribution in [0.2, 0.25) is 0 Å². The fourth-order valence-electron chi connectivity index (χ4n) is 1.91. The number of fused-ring (bicyclic) bond motifs is 1. The number of rotatable bonds is 3. The maximum atomic E-state index is 12.0. The van der Waals surface area contributed by atoms with E-state index in [-0.39, 0.29) is 0 Å². The van der Waals surface area contributed by atoms with Crippen LogP contribution in [0.15, 0.2) is 30.5 Å². The number of carbonyl (C=O) groups is 3. The van der Waals surface area contributed by atoms with Crippen molar-refractivity contribution in [3.8, 4) is 0 Å². The van der Waals surface area contributed by atoms with Crippen LogP contribution >= 0.6 is 0 Å². The van der Waals surface area contributed by atoms with Crippen molar-refractivity contribution in [1.82, 2.24) is 15.4 Å². The summed E-state index contributed by atoms with van der Waals surface area (Å²) in [7, 11) is 1.82. The molecule has 2 amide bonds. The van der Waals surface area contributed by atoms with E-state index in [1.807, 2.05) is 35.9 Å². The topological polar surface area (TPSA) is 89.4 Å². The first-order valence-corrected chi connectivity index (χ1v) is 6.25. The van der Waals surface area contributed by atoms with Crippen LogP contribution in [0.1, 0.15) is 17.3 Å². The standard InChI is InChI=1S/C14H15N3O4/c1-9(18)15-16-13(19)8-21-14(20)11-7-17(2)12-6-4-3-5-10(11)12/h3-7H,8H2,1-2H3,(H,15,18)(H,16,19). The molecule has 2 rings (SSSR count). The number of hydrazine groups is 1. The number of aryl methyl sites for hydroxylation is 1. The number of para-hydroxylation sites is 1. The van der Waals surface area contributed by atoms with Gasteiger partial charge in [0.25, 0.3) is 5.91 Å². The first kappa shape index (κ1) is 14.6. The molecule has 0 aliphatic heterocycles. The number of hydrogen-bond acceptors (Lipinski definition) is 4. The minimum absolute atomic E-state index is 0.389. The average molecular weight is 289 g/mol. The van der Waals surface area contributed by atoms with Gasteiger partial charge in [0.15, 0.2) is 6.61 Å². The Morgan fingerprint density at radius 1 is 1.19 bits per heavy atom. The van der Waals surface area contributed by atoms with Crippen molar-refractivity contribution >= 4 is 28.7 Å². The van der Waals surface area contributed by atoms with Gasteiger partial charge in [-0.25, -0.2) is 4.79 Å². The third-order valence-corrected chi connectivity index (χ3v) is 2.83. The molecular weight excluding hydrogens is 274 g/mol. The van der Waals surface area contributed by atoms with Crippen molar-refractivity contribution in [3.05, 3.63) is 36.0 Å². The molecule has 2 aromatic rings. The Labute approximate surface area is 120 Å². The van der Waals surface area contributed by atoms with E-state index in [2.05, 4.69) is 10.9 Å². The molecule has 0 spiro atoms. The summed E-state index contributed by atoms with van der Waals surface area (Å²) >= 11 is 0. The molecule has 1 aromatic carbocycles. The summed E-state index contributed by atoms with van der Waals surface area (Å²) in [5, 5.41) is 0.757. The molecule has 0 saturated heterocycles. The highest BCUT2D eigenvalue weighted by Crippen LogP contribution is 2.20. The minimum atomic E-state index is -0.612. The Balaban J connectivity index is 2.03. The lowest BCUT2D eigenvalue weighted by Gasteiger charge is -2.05. The van der Waals surface area contributed by atoms with Gasteiger partial charge in [0, 0.05) is 31.1 Å². The average Bonchev–Trinajstić information content (AvgIpc) is 2.80. The number of nitrogens with one attached hydrogen (secondary N) is 2. The zero-order valence-electron chi connectivity index (χ0n) is 11.7. The number of esters is 1. The number of benzene rings is 1. The third kappa shape index (κ3) is 3.38. The van der Waals surface area contributed by atoms with Gasteiger partial charge in [0.2, 0.25) is 5.91 Å². The second-order valence-corrected chi connectivity index (χ2v) is 4.48. The third-order valence-electron chi connectivity index (χ3n) is 2.83. The molecule has 21 heavy (non-hydrogen) atoms. The van der Waals surface area contributed by atoms with Gasteiger partial charge in [0.1, 0.15) is 0 Å². The lowest BCUT2D eigenvalue weighted by molar-refractivity contribution is -0.129. The normalized spacial score (nSPS) is 10.2. The van der Waals surface area contributed by atoms with E-state index in [0.29, 0.717) is 5.56 Å². The number of aromatic nitrogens is 1. The Bertz CT molecular complexity index is 705. The van der Waals surface area contributed by atoms with E-state index in [4.69, 9.17) is 4.74 Å². The van der Waals surface area contributed by atoms with Gasteiger partial charge in [0.05, 0.1) is 5.56 Å². The van der Waals surface area contributed by atoms with Crippen molar-refractivity contribution in [2.24, 2.45) is 7.05 Å². The van der Waals surface area contributed by atoms with Crippen LogP contribution in [0.25, 0.3) is 10.9 Å². The second kappa shape index (κ2) is 6.08. The van der Waals surface area contributed by atoms with Gasteiger partial charge in [-0.15, -0.1) is 0 Å². The number of nitrogens with zero attached hydrogens (tertiary/aromatic N) is 1. The predicted octanol–water partition coefficient (Wildman–Crippen LogP) is 0.502. The molecule has 110 valence electrons. The van der Waals surface area contributed by atoms with Gasteiger partial charge < -0.3 is 9.30 Å². The quantitative estimate of drug-likeness (QED) is 0.636. The zero-order valence-corrected chi connectivity index (χ0v) is 11.7. The van der Waals surface area contributed by atoms with Crippen LogP contribution in [-0.2, 0) is 21.4 Å². The molecular formula is C14H15N3O4. The number of carbonyl (C=O) groups excluding carboxylic acids is 3. The van der Waals surface area contributed by atoms with Crippen molar-refractivity contribution in [3.63, 3.8) is 0 Å². The highest BCUT2D eigenvalue weighted by Gasteiger charge is 2.16. The van der Waals surface area contributed by atoms with Gasteiger partial charge in [-0.2, -0.15) is 0 Å². The summed E-state index contributed by atoms with van der Waals surface area (Å²) < 4.78 is 6.74. The first-order chi connectivity index (χ1) is 9.99. The summed E-state index contributed by atoms with van der Waals surface area (Å²) in [6.45, 7) is 0.782. The van der Waals surface area contributed by atoms with Crippen LogP contribution < -0.4 is 10.9 Å². The van der Waals surface area contributed by atoms with Crippen LogP contribution in [-0.4, -0.2) is 29.0 Å². The molecule has 0 bridgehead atoms. The number of ether oxygens (including phenoxy) is 1. The molecule has 0 radical (unpaired) electrons. The molecule has 7 nitrogen and oxygen atoms in total. The predicted molar refractivity (Wildman–Crippen MR) is 75.2 cm³/mol. The van der Waals surface area contributed by atoms with Crippen LogP contribution in [0.3, 0.4) is 0 Å². The Hall–Kier alpha value is -2.83. The number of hydrogen-bond donors (Lipinski definition) is 2. The van der Waals surface area contributed by atoms with E-state index in [0.717, 1.165) is 10.9 Å². The summed E-state index contributed by atoms with van der Waals surface area (Å²) in [6, 6.07) is 7.39. The summed E-state index contributed by atoms with van der Waals surface area (Å²) in [5.41, 5.74) is 5.50. The second-order valence-electron chi connectivity index (χ2n) is 4.48. The fourth-order valence-corrected chi connectivity index (χ4v) is 1.91. The molecule has 0 aliphatic rings. The van der Waals surface area contributed by atoms with Crippen molar-refractivity contribution < 1.29 is 19.1 Å². The SMILES string of the molecule is CC(=O)NNC(=O)COC(=O)c1cn(C)c2ccccc12. The highest BCUT2D eigenvalue weighted by molar-refractivity contribution is 6.04. The largest absolute Gasteiger partial charge is 0.452 e. The van der Waals surface area contributed by atoms with E-state index >= 15 is 0 Å². The van der Waals surface area contributed by atoms with Crippen molar-refractivity contribution in [2.45, 2.75) is 6.92 Å². The van der Waals surface area contributed by atoms with Gasteiger partial charge in [-0.3, -0.25) is 20.4 Å². The molecule has 0 aliphatic carbocycles. The molecule has 1 heterocycles. The Morgan fingerprint density at radius 2 is 1.90 bits per heavy atom. The van der Waals surface area contributed by atoms with E-state index in [1.165, 1.54) is 6.92 Å².